The molecule has 0 bridgehead atoms. The van der Waals surface area contributed by atoms with Crippen LogP contribution in [0.1, 0.15) is 35.9 Å². The van der Waals surface area contributed by atoms with Crippen LogP contribution in [-0.2, 0) is 0 Å². The number of nitrogens with one attached hydrogen (secondary N) is 2. The van der Waals surface area contributed by atoms with Crippen LogP contribution in [0.4, 0.5) is 16.0 Å². The highest BCUT2D eigenvalue weighted by molar-refractivity contribution is 6.31. The van der Waals surface area contributed by atoms with Gasteiger partial charge < -0.3 is 10.6 Å². The molecule has 0 fully saturated rings. The molecule has 23 heavy (non-hydrogen) atoms. The SMILES string of the molecule is CCCCNC(=O)c1cc(C)nc(Nc2ccc(F)c(Cl)c2)n1. The van der Waals surface area contributed by atoms with E-state index in [-0.39, 0.29) is 22.6 Å². The van der Waals surface area contributed by atoms with Crippen LogP contribution in [0.15, 0.2) is 24.3 Å². The zero-order valence-corrected chi connectivity index (χ0v) is 13.7. The molecule has 2 aromatic rings. The van der Waals surface area contributed by atoms with Crippen molar-refractivity contribution in [1.82, 2.24) is 15.3 Å². The van der Waals surface area contributed by atoms with Crippen LogP contribution in [0.25, 0.3) is 0 Å². The molecular weight excluding hydrogens is 319 g/mol. The molecule has 0 saturated heterocycles. The molecule has 0 radical (unpaired) electrons. The van der Waals surface area contributed by atoms with Crippen LogP contribution >= 0.6 is 11.6 Å². The maximum atomic E-state index is 13.2. The molecule has 0 atom stereocenters. The molecule has 1 aromatic carbocycles. The Bertz CT molecular complexity index is 708. The minimum absolute atomic E-state index is 0.000171. The summed E-state index contributed by atoms with van der Waals surface area (Å²) in [6.45, 7) is 4.43. The summed E-state index contributed by atoms with van der Waals surface area (Å²) < 4.78 is 13.2. The Balaban J connectivity index is 2.16. The molecule has 1 amide bonds. The number of carbonyl (C=O) groups is 1. The Morgan fingerprint density at radius 1 is 1.30 bits per heavy atom. The second-order valence-electron chi connectivity index (χ2n) is 5.08. The third-order valence-corrected chi connectivity index (χ3v) is 3.37. The zero-order valence-electron chi connectivity index (χ0n) is 13.0. The van der Waals surface area contributed by atoms with Crippen molar-refractivity contribution < 1.29 is 9.18 Å². The van der Waals surface area contributed by atoms with Gasteiger partial charge in [-0.25, -0.2) is 14.4 Å². The summed E-state index contributed by atoms with van der Waals surface area (Å²) in [5, 5.41) is 5.73. The zero-order chi connectivity index (χ0) is 16.8. The minimum Gasteiger partial charge on any atom is -0.351 e. The van der Waals surface area contributed by atoms with E-state index in [4.69, 9.17) is 11.6 Å². The predicted molar refractivity (Wildman–Crippen MR) is 88.7 cm³/mol. The quantitative estimate of drug-likeness (QED) is 0.786. The molecule has 1 heterocycles. The maximum absolute atomic E-state index is 13.2. The van der Waals surface area contributed by atoms with Gasteiger partial charge in [0.15, 0.2) is 0 Å². The van der Waals surface area contributed by atoms with Gasteiger partial charge in [0.05, 0.1) is 5.02 Å². The number of amides is 1. The fraction of sp³-hybridized carbons (Fsp3) is 0.312. The average molecular weight is 337 g/mol. The van der Waals surface area contributed by atoms with Crippen molar-refractivity contribution in [1.29, 1.82) is 0 Å². The van der Waals surface area contributed by atoms with Crippen molar-refractivity contribution >= 4 is 29.1 Å². The molecular formula is C16H18ClFN4O. The van der Waals surface area contributed by atoms with E-state index < -0.39 is 5.82 Å². The first kappa shape index (κ1) is 17.1. The Kier molecular flexibility index (Phi) is 5.87. The number of aryl methyl sites for hydroxylation is 1. The molecule has 0 unspecified atom stereocenters. The fourth-order valence-electron chi connectivity index (χ4n) is 1.91. The summed E-state index contributed by atoms with van der Waals surface area (Å²) in [5.74, 6) is -0.490. The van der Waals surface area contributed by atoms with Crippen LogP contribution in [0.2, 0.25) is 5.02 Å². The fourth-order valence-corrected chi connectivity index (χ4v) is 2.09. The van der Waals surface area contributed by atoms with Crippen molar-refractivity contribution in [3.8, 4) is 0 Å². The third-order valence-electron chi connectivity index (χ3n) is 3.08. The number of unbranched alkanes of at least 4 members (excludes halogenated alkanes) is 1. The number of benzene rings is 1. The van der Waals surface area contributed by atoms with Crippen LogP contribution in [0.3, 0.4) is 0 Å². The van der Waals surface area contributed by atoms with Crippen molar-refractivity contribution in [2.75, 3.05) is 11.9 Å². The highest BCUT2D eigenvalue weighted by atomic mass is 35.5. The van der Waals surface area contributed by atoms with Crippen molar-refractivity contribution in [3.05, 3.63) is 46.5 Å². The first-order valence-electron chi connectivity index (χ1n) is 7.35. The maximum Gasteiger partial charge on any atom is 0.270 e. The number of anilines is 2. The predicted octanol–water partition coefficient (Wildman–Crippen LogP) is 3.85. The van der Waals surface area contributed by atoms with Crippen molar-refractivity contribution in [2.24, 2.45) is 0 Å². The lowest BCUT2D eigenvalue weighted by Crippen LogP contribution is -2.25. The summed E-state index contributed by atoms with van der Waals surface area (Å²) in [6, 6.07) is 5.82. The largest absolute Gasteiger partial charge is 0.351 e. The summed E-state index contributed by atoms with van der Waals surface area (Å²) in [7, 11) is 0. The number of rotatable bonds is 6. The smallest absolute Gasteiger partial charge is 0.270 e. The van der Waals surface area contributed by atoms with Gasteiger partial charge in [-0.2, -0.15) is 0 Å². The first-order valence-corrected chi connectivity index (χ1v) is 7.73. The first-order chi connectivity index (χ1) is 11.0. The topological polar surface area (TPSA) is 66.9 Å². The van der Waals surface area contributed by atoms with Gasteiger partial charge in [-0.1, -0.05) is 24.9 Å². The molecule has 0 saturated carbocycles. The van der Waals surface area contributed by atoms with Gasteiger partial charge in [0.2, 0.25) is 5.95 Å². The molecule has 2 rings (SSSR count). The molecule has 5 nitrogen and oxygen atoms in total. The van der Waals surface area contributed by atoms with E-state index in [0.29, 0.717) is 17.9 Å². The standard InChI is InChI=1S/C16H18ClFN4O/c1-3-4-7-19-15(23)14-8-10(2)20-16(22-14)21-11-5-6-13(18)12(17)9-11/h5-6,8-9H,3-4,7H2,1-2H3,(H,19,23)(H,20,21,22). The van der Waals surface area contributed by atoms with E-state index in [2.05, 4.69) is 27.5 Å². The molecule has 0 spiro atoms. The van der Waals surface area contributed by atoms with Crippen molar-refractivity contribution in [3.63, 3.8) is 0 Å². The molecule has 122 valence electrons. The van der Waals surface area contributed by atoms with Crippen LogP contribution < -0.4 is 10.6 Å². The molecule has 0 aliphatic heterocycles. The molecule has 1 aromatic heterocycles. The van der Waals surface area contributed by atoms with E-state index in [1.807, 2.05) is 0 Å². The van der Waals surface area contributed by atoms with Gasteiger partial charge in [-0.15, -0.1) is 0 Å². The number of carbonyl (C=O) groups excluding carboxylic acids is 1. The second-order valence-corrected chi connectivity index (χ2v) is 5.49. The van der Waals surface area contributed by atoms with Crippen LogP contribution in [-0.4, -0.2) is 22.4 Å². The highest BCUT2D eigenvalue weighted by Crippen LogP contribution is 2.21. The molecule has 7 heteroatoms. The van der Waals surface area contributed by atoms with Gasteiger partial charge in [0, 0.05) is 17.9 Å². The van der Waals surface area contributed by atoms with Gasteiger partial charge in [-0.3, -0.25) is 4.79 Å². The molecule has 0 aliphatic rings. The lowest BCUT2D eigenvalue weighted by molar-refractivity contribution is 0.0948. The van der Waals surface area contributed by atoms with Gasteiger partial charge in [-0.05, 0) is 37.6 Å². The number of aromatic nitrogens is 2. The normalized spacial score (nSPS) is 10.4. The van der Waals surface area contributed by atoms with E-state index >= 15 is 0 Å². The van der Waals surface area contributed by atoms with Crippen molar-refractivity contribution in [2.45, 2.75) is 26.7 Å². The Hall–Kier alpha value is -2.21. The third kappa shape index (κ3) is 4.89. The van der Waals surface area contributed by atoms with Gasteiger partial charge in [0.25, 0.3) is 5.91 Å². The number of halogens is 2. The highest BCUT2D eigenvalue weighted by Gasteiger charge is 2.11. The van der Waals surface area contributed by atoms with E-state index in [0.717, 1.165) is 12.8 Å². The monoisotopic (exact) mass is 336 g/mol. The summed E-state index contributed by atoms with van der Waals surface area (Å²) in [6.07, 6.45) is 1.91. The van der Waals surface area contributed by atoms with E-state index in [1.165, 1.54) is 18.2 Å². The van der Waals surface area contributed by atoms with E-state index in [1.54, 1.807) is 13.0 Å². The van der Waals surface area contributed by atoms with Gasteiger partial charge in [0.1, 0.15) is 11.5 Å². The Labute approximate surface area is 139 Å². The summed E-state index contributed by atoms with van der Waals surface area (Å²) in [4.78, 5) is 20.5. The summed E-state index contributed by atoms with van der Waals surface area (Å²) in [5.41, 5.74) is 1.47. The molecule has 0 aliphatic carbocycles. The number of hydrogen-bond donors (Lipinski definition) is 2. The summed E-state index contributed by atoms with van der Waals surface area (Å²) >= 11 is 5.74. The van der Waals surface area contributed by atoms with E-state index in [9.17, 15) is 9.18 Å². The lowest BCUT2D eigenvalue weighted by Gasteiger charge is -2.09. The Morgan fingerprint density at radius 3 is 2.78 bits per heavy atom. The number of hydrogen-bond acceptors (Lipinski definition) is 4. The Morgan fingerprint density at radius 2 is 2.09 bits per heavy atom. The second kappa shape index (κ2) is 7.87. The van der Waals surface area contributed by atoms with Crippen LogP contribution in [0, 0.1) is 12.7 Å². The average Bonchev–Trinajstić information content (AvgIpc) is 2.50. The lowest BCUT2D eigenvalue weighted by atomic mass is 10.3. The minimum atomic E-state index is -0.502. The van der Waals surface area contributed by atoms with Crippen LogP contribution in [0.5, 0.6) is 0 Å². The van der Waals surface area contributed by atoms with Gasteiger partial charge >= 0.3 is 0 Å². The molecule has 2 N–H and O–H groups in total. The number of nitrogens with zero attached hydrogens (tertiary/aromatic N) is 2.